The summed E-state index contributed by atoms with van der Waals surface area (Å²) in [4.78, 5) is 18.9. The first-order valence-corrected chi connectivity index (χ1v) is 13.5. The number of aromatic nitrogens is 2. The van der Waals surface area contributed by atoms with Crippen molar-refractivity contribution >= 4 is 34.6 Å². The molecule has 1 aliphatic carbocycles. The van der Waals surface area contributed by atoms with Crippen LogP contribution in [0.5, 0.6) is 0 Å². The number of pyridine rings is 1. The molecule has 7 nitrogen and oxygen atoms in total. The minimum Gasteiger partial charge on any atom is -0.375 e. The van der Waals surface area contributed by atoms with Crippen molar-refractivity contribution in [2.75, 3.05) is 23.9 Å². The lowest BCUT2D eigenvalue weighted by molar-refractivity contribution is -0.119. The average Bonchev–Trinajstić information content (AvgIpc) is 3.40. The number of anilines is 2. The fourth-order valence-electron chi connectivity index (χ4n) is 5.99. The summed E-state index contributed by atoms with van der Waals surface area (Å²) in [6, 6.07) is 16.6. The van der Waals surface area contributed by atoms with Crippen LogP contribution >= 0.6 is 12.2 Å². The van der Waals surface area contributed by atoms with Crippen LogP contribution in [0.15, 0.2) is 54.7 Å². The summed E-state index contributed by atoms with van der Waals surface area (Å²) in [7, 11) is 1.51. The standard InChI is InChI=1S/C29H35N5O2S/c1-19-17-24(20(2)33(19)22-9-5-4-6-10-22)28-27(25-11-7-8-16-30-25)32-29(37)34(28)23-14-12-21(13-15-23)31-26(35)18-36-3/h7-8,11-17,22,27-28H,4-6,9-10,18H2,1-3H3,(H,31,35)(H,32,37)/t27-,28+/m1/s1. The highest BCUT2D eigenvalue weighted by atomic mass is 32.1. The van der Waals surface area contributed by atoms with Crippen LogP contribution in [0, 0.1) is 13.8 Å². The zero-order chi connectivity index (χ0) is 25.9. The Balaban J connectivity index is 1.54. The van der Waals surface area contributed by atoms with Gasteiger partial charge in [0.1, 0.15) is 6.61 Å². The predicted molar refractivity (Wildman–Crippen MR) is 151 cm³/mol. The summed E-state index contributed by atoms with van der Waals surface area (Å²) >= 11 is 5.92. The van der Waals surface area contributed by atoms with E-state index in [2.05, 4.69) is 46.1 Å². The molecule has 0 bridgehead atoms. The van der Waals surface area contributed by atoms with Crippen molar-refractivity contribution in [3.63, 3.8) is 0 Å². The van der Waals surface area contributed by atoms with E-state index in [4.69, 9.17) is 21.9 Å². The molecule has 8 heteroatoms. The van der Waals surface area contributed by atoms with Crippen molar-refractivity contribution in [1.29, 1.82) is 0 Å². The lowest BCUT2D eigenvalue weighted by atomic mass is 9.94. The van der Waals surface area contributed by atoms with Gasteiger partial charge in [0.25, 0.3) is 0 Å². The fraction of sp³-hybridized carbons (Fsp3) is 0.414. The van der Waals surface area contributed by atoms with E-state index >= 15 is 0 Å². The van der Waals surface area contributed by atoms with Gasteiger partial charge >= 0.3 is 0 Å². The van der Waals surface area contributed by atoms with Gasteiger partial charge < -0.3 is 24.8 Å². The van der Waals surface area contributed by atoms with Crippen LogP contribution in [0.25, 0.3) is 0 Å². The molecule has 1 aromatic carbocycles. The number of aryl methyl sites for hydroxylation is 1. The summed E-state index contributed by atoms with van der Waals surface area (Å²) in [6.07, 6.45) is 8.23. The number of thiocarbonyl (C=S) groups is 1. The minimum atomic E-state index is -0.183. The van der Waals surface area contributed by atoms with Crippen LogP contribution in [0.4, 0.5) is 11.4 Å². The van der Waals surface area contributed by atoms with Gasteiger partial charge in [-0.25, -0.2) is 0 Å². The zero-order valence-electron chi connectivity index (χ0n) is 21.7. The number of methoxy groups -OCH3 is 1. The Morgan fingerprint density at radius 2 is 1.89 bits per heavy atom. The summed E-state index contributed by atoms with van der Waals surface area (Å²) in [5, 5.41) is 7.09. The lowest BCUT2D eigenvalue weighted by Crippen LogP contribution is -2.29. The summed E-state index contributed by atoms with van der Waals surface area (Å²) < 4.78 is 7.48. The molecule has 1 aliphatic heterocycles. The molecular formula is C29H35N5O2S. The summed E-state index contributed by atoms with van der Waals surface area (Å²) in [5.41, 5.74) is 6.51. The maximum Gasteiger partial charge on any atom is 0.250 e. The van der Waals surface area contributed by atoms with Gasteiger partial charge in [-0.15, -0.1) is 0 Å². The summed E-state index contributed by atoms with van der Waals surface area (Å²) in [6.45, 7) is 4.50. The predicted octanol–water partition coefficient (Wildman–Crippen LogP) is 5.77. The van der Waals surface area contributed by atoms with Crippen molar-refractivity contribution in [3.05, 3.63) is 77.4 Å². The molecule has 194 valence electrons. The van der Waals surface area contributed by atoms with E-state index in [1.807, 2.05) is 42.6 Å². The molecular weight excluding hydrogens is 482 g/mol. The number of benzene rings is 1. The molecule has 1 saturated carbocycles. The highest BCUT2D eigenvalue weighted by Crippen LogP contribution is 2.44. The first kappa shape index (κ1) is 25.4. The van der Waals surface area contributed by atoms with Crippen LogP contribution in [-0.4, -0.2) is 34.3 Å². The van der Waals surface area contributed by atoms with Gasteiger partial charge in [-0.2, -0.15) is 0 Å². The number of carbonyl (C=O) groups excluding carboxylic acids is 1. The Morgan fingerprint density at radius 1 is 1.14 bits per heavy atom. The van der Waals surface area contributed by atoms with Crippen LogP contribution in [0.3, 0.4) is 0 Å². The summed E-state index contributed by atoms with van der Waals surface area (Å²) in [5.74, 6) is -0.183. The largest absolute Gasteiger partial charge is 0.375 e. The van der Waals surface area contributed by atoms with E-state index in [9.17, 15) is 4.79 Å². The Bertz CT molecular complexity index is 1250. The van der Waals surface area contributed by atoms with Crippen molar-refractivity contribution in [2.45, 2.75) is 64.1 Å². The molecule has 0 unspecified atom stereocenters. The number of hydrogen-bond acceptors (Lipinski definition) is 4. The van der Waals surface area contributed by atoms with Gasteiger partial charge in [-0.1, -0.05) is 25.3 Å². The molecule has 5 rings (SSSR count). The minimum absolute atomic E-state index is 0.0202. The van der Waals surface area contributed by atoms with Crippen molar-refractivity contribution in [1.82, 2.24) is 14.9 Å². The number of ether oxygens (including phenoxy) is 1. The molecule has 1 saturated heterocycles. The highest BCUT2D eigenvalue weighted by molar-refractivity contribution is 7.80. The van der Waals surface area contributed by atoms with Crippen LogP contribution in [-0.2, 0) is 9.53 Å². The van der Waals surface area contributed by atoms with Crippen molar-refractivity contribution < 1.29 is 9.53 Å². The fourth-order valence-corrected chi connectivity index (χ4v) is 6.33. The normalized spacial score (nSPS) is 20.2. The number of hydrogen-bond donors (Lipinski definition) is 2. The number of amides is 1. The third-order valence-corrected chi connectivity index (χ3v) is 7.90. The molecule has 0 spiro atoms. The Hall–Kier alpha value is -3.23. The van der Waals surface area contributed by atoms with E-state index in [-0.39, 0.29) is 24.6 Å². The molecule has 3 heterocycles. The molecule has 3 aromatic rings. The van der Waals surface area contributed by atoms with Gasteiger partial charge in [0.05, 0.1) is 17.8 Å². The number of nitrogens with one attached hydrogen (secondary N) is 2. The van der Waals surface area contributed by atoms with Gasteiger partial charge in [0, 0.05) is 42.1 Å². The first-order valence-electron chi connectivity index (χ1n) is 13.1. The Labute approximate surface area is 224 Å². The van der Waals surface area contributed by atoms with Gasteiger partial charge in [0.2, 0.25) is 5.91 Å². The molecule has 2 N–H and O–H groups in total. The number of nitrogens with zero attached hydrogens (tertiary/aromatic N) is 3. The quantitative estimate of drug-likeness (QED) is 0.388. The van der Waals surface area contributed by atoms with Crippen LogP contribution in [0.2, 0.25) is 0 Å². The lowest BCUT2D eigenvalue weighted by Gasteiger charge is -2.30. The van der Waals surface area contributed by atoms with E-state index in [1.165, 1.54) is 56.2 Å². The molecule has 2 aromatic heterocycles. The monoisotopic (exact) mass is 517 g/mol. The maximum atomic E-state index is 12.0. The third kappa shape index (κ3) is 5.13. The molecule has 1 amide bonds. The van der Waals surface area contributed by atoms with Gasteiger partial charge in [-0.3, -0.25) is 9.78 Å². The van der Waals surface area contributed by atoms with Gasteiger partial charge in [-0.05, 0) is 86.9 Å². The molecule has 2 fully saturated rings. The third-order valence-electron chi connectivity index (χ3n) is 7.58. The van der Waals surface area contributed by atoms with E-state index in [0.29, 0.717) is 11.2 Å². The average molecular weight is 518 g/mol. The Morgan fingerprint density at radius 3 is 2.57 bits per heavy atom. The SMILES string of the molecule is COCC(=O)Nc1ccc(N2C(=S)N[C@H](c3ccccn3)[C@@H]2c2cc(C)n(C3CCCCC3)c2C)cc1. The topological polar surface area (TPSA) is 71.4 Å². The second kappa shape index (κ2) is 11.0. The molecule has 2 atom stereocenters. The van der Waals surface area contributed by atoms with Crippen molar-refractivity contribution in [2.24, 2.45) is 0 Å². The van der Waals surface area contributed by atoms with Crippen LogP contribution in [0.1, 0.15) is 72.9 Å². The first-order chi connectivity index (χ1) is 18.0. The van der Waals surface area contributed by atoms with Crippen LogP contribution < -0.4 is 15.5 Å². The van der Waals surface area contributed by atoms with Crippen molar-refractivity contribution in [3.8, 4) is 0 Å². The Kier molecular flexibility index (Phi) is 7.58. The molecule has 0 radical (unpaired) electrons. The number of rotatable bonds is 7. The van der Waals surface area contributed by atoms with E-state index in [1.54, 1.807) is 0 Å². The smallest absolute Gasteiger partial charge is 0.250 e. The van der Waals surface area contributed by atoms with E-state index in [0.717, 1.165) is 17.1 Å². The van der Waals surface area contributed by atoms with Gasteiger partial charge in [0.15, 0.2) is 5.11 Å². The number of carbonyl (C=O) groups is 1. The highest BCUT2D eigenvalue weighted by Gasteiger charge is 2.42. The molecule has 2 aliphatic rings. The second-order valence-electron chi connectivity index (χ2n) is 10.0. The molecule has 37 heavy (non-hydrogen) atoms. The van der Waals surface area contributed by atoms with E-state index < -0.39 is 0 Å². The second-order valence-corrected chi connectivity index (χ2v) is 10.4. The maximum absolute atomic E-state index is 12.0. The zero-order valence-corrected chi connectivity index (χ0v) is 22.6.